The van der Waals surface area contributed by atoms with Crippen LogP contribution in [0.25, 0.3) is 22.2 Å². The van der Waals surface area contributed by atoms with Crippen LogP contribution in [0.3, 0.4) is 0 Å². The predicted octanol–water partition coefficient (Wildman–Crippen LogP) is 4.01. The molecule has 7 nitrogen and oxygen atoms in total. The Bertz CT molecular complexity index is 1120. The largest absolute Gasteiger partial charge is 0.491 e. The van der Waals surface area contributed by atoms with E-state index in [-0.39, 0.29) is 5.56 Å². The van der Waals surface area contributed by atoms with Gasteiger partial charge in [0.1, 0.15) is 0 Å². The Balaban J connectivity index is 1.92. The number of aromatic nitrogens is 3. The molecule has 1 aliphatic carbocycles. The minimum Gasteiger partial charge on any atom is -0.491 e. The van der Waals surface area contributed by atoms with Gasteiger partial charge in [-0.25, -0.2) is 0 Å². The van der Waals surface area contributed by atoms with Gasteiger partial charge < -0.3 is 18.2 Å². The van der Waals surface area contributed by atoms with E-state index in [2.05, 4.69) is 16.7 Å². The monoisotopic (exact) mass is 429 g/mol. The van der Waals surface area contributed by atoms with Crippen LogP contribution >= 0.6 is 12.0 Å². The molecule has 0 atom stereocenters. The van der Waals surface area contributed by atoms with Crippen molar-refractivity contribution in [3.05, 3.63) is 40.3 Å². The second-order valence-corrected chi connectivity index (χ2v) is 8.38. The number of rotatable bonds is 9. The van der Waals surface area contributed by atoms with Gasteiger partial charge in [0.05, 0.1) is 31.9 Å². The maximum absolute atomic E-state index is 12.2. The molecule has 0 radical (unpaired) electrons. The average Bonchev–Trinajstić information content (AvgIpc) is 3.50. The van der Waals surface area contributed by atoms with Crippen molar-refractivity contribution in [3.63, 3.8) is 0 Å². The minimum absolute atomic E-state index is 0.158. The van der Waals surface area contributed by atoms with Gasteiger partial charge in [-0.2, -0.15) is 4.98 Å². The number of fused-ring (bicyclic) bond motifs is 1. The van der Waals surface area contributed by atoms with E-state index in [1.807, 2.05) is 13.1 Å². The molecule has 0 saturated heterocycles. The molecular formula is C22H27N3O4S. The molecule has 30 heavy (non-hydrogen) atoms. The summed E-state index contributed by atoms with van der Waals surface area (Å²) in [4.78, 5) is 17.1. The quantitative estimate of drug-likeness (QED) is 0.479. The van der Waals surface area contributed by atoms with E-state index >= 15 is 0 Å². The van der Waals surface area contributed by atoms with E-state index in [1.165, 1.54) is 32.0 Å². The van der Waals surface area contributed by atoms with Gasteiger partial charge in [0.25, 0.3) is 11.6 Å². The van der Waals surface area contributed by atoms with Crippen LogP contribution in [0, 0.1) is 5.92 Å². The topological polar surface area (TPSA) is 67.5 Å². The molecule has 1 saturated carbocycles. The zero-order valence-corrected chi connectivity index (χ0v) is 18.6. The molecule has 2 heterocycles. The summed E-state index contributed by atoms with van der Waals surface area (Å²) >= 11 is 1.38. The maximum atomic E-state index is 12.2. The van der Waals surface area contributed by atoms with Crippen LogP contribution in [-0.2, 0) is 23.5 Å². The van der Waals surface area contributed by atoms with Crippen molar-refractivity contribution in [3.8, 4) is 22.9 Å². The van der Waals surface area contributed by atoms with Crippen LogP contribution in [0.4, 0.5) is 0 Å². The molecule has 1 aliphatic rings. The molecule has 160 valence electrons. The molecule has 0 spiro atoms. The van der Waals surface area contributed by atoms with Gasteiger partial charge in [-0.1, -0.05) is 0 Å². The SMILES string of the molecule is CCOc1nc2c(CSOC)cc(-c3cc(OC)c(=O)n(C)c3)cc2n1CC1CC1. The molecule has 8 heteroatoms. The van der Waals surface area contributed by atoms with E-state index in [0.29, 0.717) is 30.0 Å². The third-order valence-corrected chi connectivity index (χ3v) is 6.01. The van der Waals surface area contributed by atoms with Crippen LogP contribution < -0.4 is 15.0 Å². The molecule has 0 aliphatic heterocycles. The van der Waals surface area contributed by atoms with Crippen molar-refractivity contribution in [1.82, 2.24) is 14.1 Å². The van der Waals surface area contributed by atoms with Gasteiger partial charge in [-0.3, -0.25) is 9.36 Å². The molecule has 0 bridgehead atoms. The third kappa shape index (κ3) is 4.06. The van der Waals surface area contributed by atoms with Crippen molar-refractivity contribution < 1.29 is 13.7 Å². The number of imidazole rings is 1. The second kappa shape index (κ2) is 8.73. The fourth-order valence-electron chi connectivity index (χ4n) is 3.63. The van der Waals surface area contributed by atoms with E-state index < -0.39 is 0 Å². The highest BCUT2D eigenvalue weighted by molar-refractivity contribution is 7.93. The van der Waals surface area contributed by atoms with Gasteiger partial charge in [-0.15, -0.1) is 0 Å². The predicted molar refractivity (Wildman–Crippen MR) is 119 cm³/mol. The van der Waals surface area contributed by atoms with Gasteiger partial charge in [0, 0.05) is 31.1 Å². The molecule has 4 rings (SSSR count). The number of aryl methyl sites for hydroxylation is 1. The number of pyridine rings is 1. The highest BCUT2D eigenvalue weighted by Gasteiger charge is 2.26. The molecule has 3 aromatic rings. The number of hydrogen-bond acceptors (Lipinski definition) is 6. The van der Waals surface area contributed by atoms with Crippen LogP contribution in [0.15, 0.2) is 29.2 Å². The summed E-state index contributed by atoms with van der Waals surface area (Å²) in [7, 11) is 4.92. The molecule has 0 unspecified atom stereocenters. The normalized spacial score (nSPS) is 13.7. The maximum Gasteiger partial charge on any atom is 0.297 e. The molecule has 1 fully saturated rings. The van der Waals surface area contributed by atoms with Gasteiger partial charge >= 0.3 is 0 Å². The summed E-state index contributed by atoms with van der Waals surface area (Å²) in [5.74, 6) is 1.67. The summed E-state index contributed by atoms with van der Waals surface area (Å²) in [6.07, 6.45) is 4.33. The fraction of sp³-hybridized carbons (Fsp3) is 0.455. The number of ether oxygens (including phenoxy) is 2. The van der Waals surface area contributed by atoms with Gasteiger partial charge in [0.2, 0.25) is 0 Å². The first-order valence-corrected chi connectivity index (χ1v) is 11.0. The smallest absolute Gasteiger partial charge is 0.297 e. The molecule has 1 aromatic carbocycles. The first-order chi connectivity index (χ1) is 14.5. The van der Waals surface area contributed by atoms with E-state index in [1.54, 1.807) is 24.8 Å². The Hall–Kier alpha value is -2.45. The zero-order valence-electron chi connectivity index (χ0n) is 17.8. The Morgan fingerprint density at radius 3 is 2.67 bits per heavy atom. The van der Waals surface area contributed by atoms with Gasteiger partial charge in [-0.05, 0) is 67.1 Å². The lowest BCUT2D eigenvalue weighted by Gasteiger charge is -2.12. The average molecular weight is 430 g/mol. The highest BCUT2D eigenvalue weighted by Crippen LogP contribution is 2.37. The number of hydrogen-bond donors (Lipinski definition) is 0. The van der Waals surface area contributed by atoms with E-state index in [4.69, 9.17) is 18.6 Å². The molecule has 0 amide bonds. The van der Waals surface area contributed by atoms with Crippen molar-refractivity contribution in [1.29, 1.82) is 0 Å². The van der Waals surface area contributed by atoms with E-state index in [0.717, 1.165) is 34.3 Å². The first kappa shape index (κ1) is 20.8. The lowest BCUT2D eigenvalue weighted by Crippen LogP contribution is -2.17. The summed E-state index contributed by atoms with van der Waals surface area (Å²) in [5, 5.41) is 0. The number of nitrogens with zero attached hydrogens (tertiary/aromatic N) is 3. The fourth-order valence-corrected chi connectivity index (χ4v) is 4.10. The lowest BCUT2D eigenvalue weighted by atomic mass is 10.0. The van der Waals surface area contributed by atoms with Crippen molar-refractivity contribution in [2.24, 2.45) is 13.0 Å². The Labute approximate surface area is 180 Å². The molecule has 0 N–H and O–H groups in total. The van der Waals surface area contributed by atoms with Crippen LogP contribution in [0.5, 0.6) is 11.8 Å². The number of methoxy groups -OCH3 is 1. The Morgan fingerprint density at radius 2 is 2.00 bits per heavy atom. The van der Waals surface area contributed by atoms with Crippen LogP contribution in [0.1, 0.15) is 25.3 Å². The van der Waals surface area contributed by atoms with Crippen LogP contribution in [0.2, 0.25) is 0 Å². The molecular weight excluding hydrogens is 402 g/mol. The van der Waals surface area contributed by atoms with Crippen molar-refractivity contribution in [2.75, 3.05) is 20.8 Å². The lowest BCUT2D eigenvalue weighted by molar-refractivity contribution is 0.296. The van der Waals surface area contributed by atoms with Crippen molar-refractivity contribution in [2.45, 2.75) is 32.1 Å². The summed E-state index contributed by atoms with van der Waals surface area (Å²) in [5.41, 5.74) is 4.80. The Kier molecular flexibility index (Phi) is 6.06. The first-order valence-electron chi connectivity index (χ1n) is 10.1. The third-order valence-electron chi connectivity index (χ3n) is 5.35. The van der Waals surface area contributed by atoms with E-state index in [9.17, 15) is 4.79 Å². The summed E-state index contributed by atoms with van der Waals surface area (Å²) in [6.45, 7) is 3.45. The summed E-state index contributed by atoms with van der Waals surface area (Å²) in [6, 6.07) is 6.70. The van der Waals surface area contributed by atoms with Gasteiger partial charge in [0.15, 0.2) is 5.75 Å². The summed E-state index contributed by atoms with van der Waals surface area (Å²) < 4.78 is 20.2. The highest BCUT2D eigenvalue weighted by atomic mass is 32.2. The number of benzene rings is 1. The van der Waals surface area contributed by atoms with Crippen molar-refractivity contribution >= 4 is 23.1 Å². The standard InChI is InChI=1S/C22H27N3O4S/c1-5-29-22-23-20-17(13-30-28-4)8-15(9-18(20)25(22)11-14-6-7-14)16-10-19(27-3)21(26)24(2)12-16/h8-10,12,14H,5-7,11,13H2,1-4H3. The van der Waals surface area contributed by atoms with Crippen LogP contribution in [-0.4, -0.2) is 34.9 Å². The minimum atomic E-state index is -0.158. The zero-order chi connectivity index (χ0) is 21.3. The second-order valence-electron chi connectivity index (χ2n) is 7.53. The Morgan fingerprint density at radius 1 is 1.20 bits per heavy atom. The molecule has 2 aromatic heterocycles.